The van der Waals surface area contributed by atoms with Gasteiger partial charge in [0.15, 0.2) is 0 Å². The van der Waals surface area contributed by atoms with E-state index < -0.39 is 5.60 Å². The molecule has 1 heterocycles. The first kappa shape index (κ1) is 13.5. The van der Waals surface area contributed by atoms with Crippen molar-refractivity contribution in [2.75, 3.05) is 19.6 Å². The van der Waals surface area contributed by atoms with Gasteiger partial charge in [0.2, 0.25) is 0 Å². The SMILES string of the molecule is CC1CNCC(C)N1CC(C)(O)c1ccccc1. The van der Waals surface area contributed by atoms with Crippen LogP contribution in [-0.2, 0) is 5.60 Å². The molecule has 0 bridgehead atoms. The van der Waals surface area contributed by atoms with Crippen LogP contribution in [0.1, 0.15) is 26.3 Å². The Morgan fingerprint density at radius 2 is 1.78 bits per heavy atom. The Bertz CT molecular complexity index is 367. The van der Waals surface area contributed by atoms with Gasteiger partial charge in [0, 0.05) is 31.7 Å². The average molecular weight is 248 g/mol. The minimum absolute atomic E-state index is 0.462. The summed E-state index contributed by atoms with van der Waals surface area (Å²) in [5, 5.41) is 14.1. The minimum Gasteiger partial charge on any atom is -0.384 e. The van der Waals surface area contributed by atoms with Crippen molar-refractivity contribution in [1.29, 1.82) is 0 Å². The van der Waals surface area contributed by atoms with Crippen LogP contribution in [0, 0.1) is 0 Å². The molecule has 0 saturated carbocycles. The third kappa shape index (κ3) is 2.91. The van der Waals surface area contributed by atoms with E-state index in [1.807, 2.05) is 37.3 Å². The molecule has 1 aromatic carbocycles. The molecule has 3 unspecified atom stereocenters. The van der Waals surface area contributed by atoms with E-state index in [4.69, 9.17) is 0 Å². The summed E-state index contributed by atoms with van der Waals surface area (Å²) >= 11 is 0. The standard InChI is InChI=1S/C15H24N2O/c1-12-9-16-10-13(2)17(12)11-15(3,18)14-7-5-4-6-8-14/h4-8,12-13,16,18H,9-11H2,1-3H3. The molecule has 3 atom stereocenters. The number of β-amino-alcohol motifs (C(OH)–C–C–N with tert-alkyl or cyclic N) is 1. The van der Waals surface area contributed by atoms with E-state index in [0.29, 0.717) is 18.6 Å². The van der Waals surface area contributed by atoms with Gasteiger partial charge < -0.3 is 10.4 Å². The first-order chi connectivity index (χ1) is 8.50. The molecule has 0 aliphatic carbocycles. The molecule has 2 N–H and O–H groups in total. The highest BCUT2D eigenvalue weighted by Gasteiger charge is 2.32. The second-order valence-electron chi connectivity index (χ2n) is 5.67. The lowest BCUT2D eigenvalue weighted by Gasteiger charge is -2.43. The average Bonchev–Trinajstić information content (AvgIpc) is 2.35. The summed E-state index contributed by atoms with van der Waals surface area (Å²) in [6.45, 7) is 9.00. The van der Waals surface area contributed by atoms with Gasteiger partial charge in [-0.15, -0.1) is 0 Å². The van der Waals surface area contributed by atoms with Gasteiger partial charge in [0.1, 0.15) is 0 Å². The van der Waals surface area contributed by atoms with Gasteiger partial charge in [0.25, 0.3) is 0 Å². The van der Waals surface area contributed by atoms with E-state index in [0.717, 1.165) is 18.7 Å². The lowest BCUT2D eigenvalue weighted by atomic mass is 9.93. The fourth-order valence-electron chi connectivity index (χ4n) is 2.73. The molecular weight excluding hydrogens is 224 g/mol. The Hall–Kier alpha value is -0.900. The van der Waals surface area contributed by atoms with E-state index in [1.54, 1.807) is 0 Å². The molecule has 3 heteroatoms. The molecule has 1 saturated heterocycles. The predicted molar refractivity (Wildman–Crippen MR) is 74.5 cm³/mol. The smallest absolute Gasteiger partial charge is 0.0995 e. The topological polar surface area (TPSA) is 35.5 Å². The van der Waals surface area contributed by atoms with E-state index in [1.165, 1.54) is 0 Å². The highest BCUT2D eigenvalue weighted by atomic mass is 16.3. The maximum absolute atomic E-state index is 10.7. The van der Waals surface area contributed by atoms with Crippen LogP contribution in [0.25, 0.3) is 0 Å². The second-order valence-corrected chi connectivity index (χ2v) is 5.67. The van der Waals surface area contributed by atoms with Crippen molar-refractivity contribution in [3.8, 4) is 0 Å². The Morgan fingerprint density at radius 1 is 1.22 bits per heavy atom. The first-order valence-corrected chi connectivity index (χ1v) is 6.75. The molecule has 3 nitrogen and oxygen atoms in total. The molecule has 0 amide bonds. The molecule has 1 aliphatic heterocycles. The minimum atomic E-state index is -0.791. The fraction of sp³-hybridized carbons (Fsp3) is 0.600. The van der Waals surface area contributed by atoms with E-state index in [2.05, 4.69) is 24.1 Å². The van der Waals surface area contributed by atoms with Gasteiger partial charge in [-0.05, 0) is 26.3 Å². The lowest BCUT2D eigenvalue weighted by Crippen LogP contribution is -2.58. The van der Waals surface area contributed by atoms with Crippen molar-refractivity contribution in [2.45, 2.75) is 38.5 Å². The van der Waals surface area contributed by atoms with Crippen LogP contribution in [-0.4, -0.2) is 41.7 Å². The molecule has 1 fully saturated rings. The van der Waals surface area contributed by atoms with Crippen molar-refractivity contribution in [2.24, 2.45) is 0 Å². The summed E-state index contributed by atoms with van der Waals surface area (Å²) in [4.78, 5) is 2.39. The summed E-state index contributed by atoms with van der Waals surface area (Å²) < 4.78 is 0. The number of benzene rings is 1. The molecule has 100 valence electrons. The van der Waals surface area contributed by atoms with Crippen molar-refractivity contribution < 1.29 is 5.11 Å². The lowest BCUT2D eigenvalue weighted by molar-refractivity contribution is -0.0178. The highest BCUT2D eigenvalue weighted by molar-refractivity contribution is 5.22. The third-order valence-corrected chi connectivity index (χ3v) is 3.90. The molecule has 2 rings (SSSR count). The number of piperazine rings is 1. The molecule has 0 radical (unpaired) electrons. The zero-order chi connectivity index (χ0) is 13.2. The molecular formula is C15H24N2O. The van der Waals surface area contributed by atoms with Crippen molar-refractivity contribution >= 4 is 0 Å². The number of hydrogen-bond donors (Lipinski definition) is 2. The summed E-state index contributed by atoms with van der Waals surface area (Å²) in [7, 11) is 0. The second kappa shape index (κ2) is 5.39. The van der Waals surface area contributed by atoms with Gasteiger partial charge >= 0.3 is 0 Å². The van der Waals surface area contributed by atoms with Gasteiger partial charge in [-0.3, -0.25) is 4.90 Å². The molecule has 1 aliphatic rings. The molecule has 0 spiro atoms. The van der Waals surface area contributed by atoms with E-state index in [-0.39, 0.29) is 0 Å². The van der Waals surface area contributed by atoms with E-state index in [9.17, 15) is 5.11 Å². The quantitative estimate of drug-likeness (QED) is 0.852. The predicted octanol–water partition coefficient (Wildman–Crippen LogP) is 1.58. The van der Waals surface area contributed by atoms with E-state index >= 15 is 0 Å². The Kier molecular flexibility index (Phi) is 4.05. The van der Waals surface area contributed by atoms with Crippen LogP contribution in [0.4, 0.5) is 0 Å². The van der Waals surface area contributed by atoms with Crippen LogP contribution in [0.2, 0.25) is 0 Å². The highest BCUT2D eigenvalue weighted by Crippen LogP contribution is 2.24. The summed E-state index contributed by atoms with van der Waals surface area (Å²) in [5.74, 6) is 0. The Balaban J connectivity index is 2.12. The van der Waals surface area contributed by atoms with Gasteiger partial charge in [0.05, 0.1) is 5.60 Å². The van der Waals surface area contributed by atoms with Crippen molar-refractivity contribution in [3.05, 3.63) is 35.9 Å². The Morgan fingerprint density at radius 3 is 2.33 bits per heavy atom. The third-order valence-electron chi connectivity index (χ3n) is 3.90. The van der Waals surface area contributed by atoms with Crippen molar-refractivity contribution in [3.63, 3.8) is 0 Å². The zero-order valence-electron chi connectivity index (χ0n) is 11.6. The summed E-state index contributed by atoms with van der Waals surface area (Å²) in [6.07, 6.45) is 0. The van der Waals surface area contributed by atoms with Crippen LogP contribution in [0.3, 0.4) is 0 Å². The number of hydrogen-bond acceptors (Lipinski definition) is 3. The first-order valence-electron chi connectivity index (χ1n) is 6.75. The summed E-state index contributed by atoms with van der Waals surface area (Å²) in [5.41, 5.74) is 0.198. The van der Waals surface area contributed by atoms with Crippen LogP contribution < -0.4 is 5.32 Å². The molecule has 18 heavy (non-hydrogen) atoms. The summed E-state index contributed by atoms with van der Waals surface area (Å²) in [6, 6.07) is 10.9. The monoisotopic (exact) mass is 248 g/mol. The largest absolute Gasteiger partial charge is 0.384 e. The number of rotatable bonds is 3. The Labute approximate surface area is 110 Å². The van der Waals surface area contributed by atoms with Crippen LogP contribution in [0.15, 0.2) is 30.3 Å². The van der Waals surface area contributed by atoms with Crippen LogP contribution >= 0.6 is 0 Å². The van der Waals surface area contributed by atoms with Gasteiger partial charge in [-0.2, -0.15) is 0 Å². The zero-order valence-corrected chi connectivity index (χ0v) is 11.6. The normalized spacial score (nSPS) is 28.9. The molecule has 0 aromatic heterocycles. The maximum atomic E-state index is 10.7. The van der Waals surface area contributed by atoms with Gasteiger partial charge in [-0.1, -0.05) is 30.3 Å². The fourth-order valence-corrected chi connectivity index (χ4v) is 2.73. The maximum Gasteiger partial charge on any atom is 0.0995 e. The van der Waals surface area contributed by atoms with Crippen molar-refractivity contribution in [1.82, 2.24) is 10.2 Å². The number of nitrogens with zero attached hydrogens (tertiary/aromatic N) is 1. The molecule has 1 aromatic rings. The number of aliphatic hydroxyl groups is 1. The number of nitrogens with one attached hydrogen (secondary N) is 1. The van der Waals surface area contributed by atoms with Crippen LogP contribution in [0.5, 0.6) is 0 Å². The van der Waals surface area contributed by atoms with Gasteiger partial charge in [-0.25, -0.2) is 0 Å².